The lowest BCUT2D eigenvalue weighted by atomic mass is 10.4. The van der Waals surface area contributed by atoms with Gasteiger partial charge in [-0.15, -0.1) is 0 Å². The minimum atomic E-state index is -0.882. The third kappa shape index (κ3) is 5.40. The van der Waals surface area contributed by atoms with Crippen molar-refractivity contribution in [2.24, 2.45) is 0 Å². The lowest BCUT2D eigenvalue weighted by molar-refractivity contribution is -0.140. The van der Waals surface area contributed by atoms with Crippen LogP contribution in [-0.2, 0) is 38.7 Å². The first-order valence-corrected chi connectivity index (χ1v) is 8.21. The lowest BCUT2D eigenvalue weighted by Crippen LogP contribution is -2.55. The van der Waals surface area contributed by atoms with E-state index in [0.717, 1.165) is 13.7 Å². The van der Waals surface area contributed by atoms with Gasteiger partial charge in [0.2, 0.25) is 0 Å². The summed E-state index contributed by atoms with van der Waals surface area (Å²) in [4.78, 5) is 60.0. The molecule has 1 heterocycles. The van der Waals surface area contributed by atoms with Gasteiger partial charge in [-0.2, -0.15) is 0 Å². The SMILES string of the molecule is C=C(C)C(=O)OCCn1c(=O)n(CC)c(=O)n(CCOC(=O)C(=C)C)c1=O. The highest BCUT2D eigenvalue weighted by Crippen LogP contribution is 1.93. The maximum absolute atomic E-state index is 12.5. The summed E-state index contributed by atoms with van der Waals surface area (Å²) in [5, 5.41) is 0. The van der Waals surface area contributed by atoms with Crippen LogP contribution in [0.15, 0.2) is 38.7 Å². The molecular formula is C17H23N3O7. The molecule has 10 heteroatoms. The Morgan fingerprint density at radius 3 is 1.41 bits per heavy atom. The fraction of sp³-hybridized carbons (Fsp3) is 0.471. The molecule has 0 atom stereocenters. The van der Waals surface area contributed by atoms with E-state index in [1.54, 1.807) is 6.92 Å². The summed E-state index contributed by atoms with van der Waals surface area (Å²) in [5.74, 6) is -1.31. The molecule has 0 saturated carbocycles. The Morgan fingerprint density at radius 2 is 1.11 bits per heavy atom. The van der Waals surface area contributed by atoms with Crippen LogP contribution >= 0.6 is 0 Å². The van der Waals surface area contributed by atoms with Crippen molar-refractivity contribution in [2.45, 2.75) is 40.4 Å². The molecule has 0 aliphatic rings. The Bertz CT molecular complexity index is 863. The van der Waals surface area contributed by atoms with Gasteiger partial charge in [-0.05, 0) is 20.8 Å². The molecule has 0 aromatic carbocycles. The Morgan fingerprint density at radius 1 is 0.778 bits per heavy atom. The van der Waals surface area contributed by atoms with E-state index in [2.05, 4.69) is 13.2 Å². The number of nitrogens with zero attached hydrogens (tertiary/aromatic N) is 3. The van der Waals surface area contributed by atoms with E-state index in [-0.39, 0.29) is 44.0 Å². The van der Waals surface area contributed by atoms with Crippen LogP contribution in [0.25, 0.3) is 0 Å². The van der Waals surface area contributed by atoms with Gasteiger partial charge in [0, 0.05) is 17.7 Å². The zero-order chi connectivity index (χ0) is 20.7. The molecule has 0 bridgehead atoms. The molecule has 1 rings (SSSR count). The van der Waals surface area contributed by atoms with E-state index < -0.39 is 29.0 Å². The van der Waals surface area contributed by atoms with Crippen LogP contribution in [0.2, 0.25) is 0 Å². The largest absolute Gasteiger partial charge is 0.460 e. The quantitative estimate of drug-likeness (QED) is 0.415. The second kappa shape index (κ2) is 9.51. The number of ether oxygens (including phenoxy) is 2. The number of carbonyl (C=O) groups excluding carboxylic acids is 2. The number of aromatic nitrogens is 3. The molecular weight excluding hydrogens is 358 g/mol. The van der Waals surface area contributed by atoms with Crippen molar-refractivity contribution in [3.8, 4) is 0 Å². The van der Waals surface area contributed by atoms with Crippen molar-refractivity contribution < 1.29 is 19.1 Å². The highest BCUT2D eigenvalue weighted by atomic mass is 16.5. The highest BCUT2D eigenvalue weighted by Gasteiger charge is 2.15. The molecule has 0 aliphatic heterocycles. The van der Waals surface area contributed by atoms with Crippen LogP contribution in [-0.4, -0.2) is 38.9 Å². The van der Waals surface area contributed by atoms with Crippen LogP contribution in [0.3, 0.4) is 0 Å². The van der Waals surface area contributed by atoms with Crippen molar-refractivity contribution in [3.05, 3.63) is 55.8 Å². The van der Waals surface area contributed by atoms with Gasteiger partial charge in [0.15, 0.2) is 0 Å². The fourth-order valence-electron chi connectivity index (χ4n) is 2.04. The average molecular weight is 381 g/mol. The van der Waals surface area contributed by atoms with E-state index in [1.165, 1.54) is 13.8 Å². The third-order valence-electron chi connectivity index (χ3n) is 3.49. The van der Waals surface area contributed by atoms with Gasteiger partial charge < -0.3 is 9.47 Å². The van der Waals surface area contributed by atoms with Crippen molar-refractivity contribution >= 4 is 11.9 Å². The minimum absolute atomic E-state index is 0.0368. The first-order chi connectivity index (χ1) is 12.6. The molecule has 0 fully saturated rings. The number of hydrogen-bond donors (Lipinski definition) is 0. The van der Waals surface area contributed by atoms with Crippen molar-refractivity contribution in [1.82, 2.24) is 13.7 Å². The maximum atomic E-state index is 12.5. The van der Waals surface area contributed by atoms with Gasteiger partial charge in [-0.25, -0.2) is 37.7 Å². The van der Waals surface area contributed by atoms with Gasteiger partial charge in [-0.3, -0.25) is 0 Å². The molecule has 0 aliphatic carbocycles. The van der Waals surface area contributed by atoms with E-state index in [0.29, 0.717) is 0 Å². The average Bonchev–Trinajstić information content (AvgIpc) is 2.60. The normalized spacial score (nSPS) is 10.3. The predicted molar refractivity (Wildman–Crippen MR) is 96.4 cm³/mol. The first-order valence-electron chi connectivity index (χ1n) is 8.21. The molecule has 0 saturated heterocycles. The molecule has 0 radical (unpaired) electrons. The number of hydrogen-bond acceptors (Lipinski definition) is 7. The third-order valence-corrected chi connectivity index (χ3v) is 3.49. The van der Waals surface area contributed by atoms with Gasteiger partial charge >= 0.3 is 29.0 Å². The van der Waals surface area contributed by atoms with E-state index in [4.69, 9.17) is 9.47 Å². The summed E-state index contributed by atoms with van der Waals surface area (Å²) in [6.07, 6.45) is 0. The Hall–Kier alpha value is -3.17. The standard InChI is InChI=1S/C17H23N3O7/c1-6-18-15(23)19(7-9-26-13(21)11(2)3)17(25)20(16(18)24)8-10-27-14(22)12(4)5/h2,4,6-10H2,1,3,5H3. The number of esters is 2. The molecule has 0 unspecified atom stereocenters. The van der Waals surface area contributed by atoms with Crippen LogP contribution in [0.4, 0.5) is 0 Å². The Labute approximate surface area is 154 Å². The van der Waals surface area contributed by atoms with E-state index in [9.17, 15) is 24.0 Å². The monoisotopic (exact) mass is 381 g/mol. The zero-order valence-electron chi connectivity index (χ0n) is 15.6. The maximum Gasteiger partial charge on any atom is 0.336 e. The van der Waals surface area contributed by atoms with Gasteiger partial charge in [0.1, 0.15) is 13.2 Å². The summed E-state index contributed by atoms with van der Waals surface area (Å²) < 4.78 is 12.2. The Kier molecular flexibility index (Phi) is 7.70. The lowest BCUT2D eigenvalue weighted by Gasteiger charge is -2.13. The fourth-order valence-corrected chi connectivity index (χ4v) is 2.04. The van der Waals surface area contributed by atoms with Gasteiger partial charge in [0.05, 0.1) is 13.1 Å². The van der Waals surface area contributed by atoms with Gasteiger partial charge in [0.25, 0.3) is 0 Å². The number of rotatable bonds is 9. The molecule has 0 amide bonds. The van der Waals surface area contributed by atoms with Crippen molar-refractivity contribution in [1.29, 1.82) is 0 Å². The first kappa shape index (κ1) is 21.9. The molecule has 0 N–H and O–H groups in total. The van der Waals surface area contributed by atoms with Crippen LogP contribution < -0.4 is 17.1 Å². The van der Waals surface area contributed by atoms with Gasteiger partial charge in [-0.1, -0.05) is 13.2 Å². The number of carbonyl (C=O) groups is 2. The molecule has 0 spiro atoms. The predicted octanol–water partition coefficient (Wildman–Crippen LogP) is -0.570. The molecule has 148 valence electrons. The van der Waals surface area contributed by atoms with Crippen molar-refractivity contribution in [2.75, 3.05) is 13.2 Å². The molecule has 27 heavy (non-hydrogen) atoms. The summed E-state index contributed by atoms with van der Waals surface area (Å²) in [6, 6.07) is 0. The molecule has 1 aromatic rings. The summed E-state index contributed by atoms with van der Waals surface area (Å²) in [7, 11) is 0. The van der Waals surface area contributed by atoms with Crippen LogP contribution in [0, 0.1) is 0 Å². The minimum Gasteiger partial charge on any atom is -0.460 e. The second-order valence-corrected chi connectivity index (χ2v) is 5.73. The van der Waals surface area contributed by atoms with E-state index >= 15 is 0 Å². The topological polar surface area (TPSA) is 119 Å². The second-order valence-electron chi connectivity index (χ2n) is 5.73. The van der Waals surface area contributed by atoms with E-state index in [1.807, 2.05) is 0 Å². The molecule has 1 aromatic heterocycles. The van der Waals surface area contributed by atoms with Crippen LogP contribution in [0.1, 0.15) is 20.8 Å². The Balaban J connectivity index is 3.12. The summed E-state index contributed by atoms with van der Waals surface area (Å²) >= 11 is 0. The molecule has 10 nitrogen and oxygen atoms in total. The smallest absolute Gasteiger partial charge is 0.336 e. The zero-order valence-corrected chi connectivity index (χ0v) is 15.6. The van der Waals surface area contributed by atoms with Crippen molar-refractivity contribution in [3.63, 3.8) is 0 Å². The highest BCUT2D eigenvalue weighted by molar-refractivity contribution is 5.87. The summed E-state index contributed by atoms with van der Waals surface area (Å²) in [6.45, 7) is 10.4. The van der Waals surface area contributed by atoms with Crippen LogP contribution in [0.5, 0.6) is 0 Å². The summed E-state index contributed by atoms with van der Waals surface area (Å²) in [5.41, 5.74) is -2.15.